The highest BCUT2D eigenvalue weighted by molar-refractivity contribution is 5.94. The van der Waals surface area contributed by atoms with Crippen LogP contribution < -0.4 is 10.6 Å². The van der Waals surface area contributed by atoms with Crippen molar-refractivity contribution in [1.82, 2.24) is 15.5 Å². The minimum atomic E-state index is -1.52. The number of hydrogen-bond acceptors (Lipinski definition) is 8. The molecule has 0 aliphatic rings. The maximum atomic E-state index is 14.0. The number of aliphatic hydroxyl groups excluding tert-OH is 1. The fourth-order valence-electron chi connectivity index (χ4n) is 3.98. The van der Waals surface area contributed by atoms with Gasteiger partial charge in [-0.15, -0.1) is 0 Å². The van der Waals surface area contributed by atoms with E-state index in [0.29, 0.717) is 5.56 Å². The Bertz CT molecular complexity index is 1250. The van der Waals surface area contributed by atoms with Crippen molar-refractivity contribution in [1.29, 1.82) is 5.26 Å². The van der Waals surface area contributed by atoms with Gasteiger partial charge in [-0.3, -0.25) is 9.59 Å². The van der Waals surface area contributed by atoms with Gasteiger partial charge in [0, 0.05) is 6.42 Å². The van der Waals surface area contributed by atoms with E-state index in [4.69, 9.17) is 9.47 Å². The van der Waals surface area contributed by atoms with Gasteiger partial charge in [-0.1, -0.05) is 60.7 Å². The smallest absolute Gasteiger partial charge is 0.408 e. The minimum Gasteiger partial charge on any atom is -0.458 e. The Labute approximate surface area is 246 Å². The predicted octanol–water partition coefficient (Wildman–Crippen LogP) is 3.03. The molecule has 0 aliphatic carbocycles. The topological polar surface area (TPSA) is 158 Å². The highest BCUT2D eigenvalue weighted by Gasteiger charge is 2.38. The number of aliphatic hydroxyl groups is 1. The second kappa shape index (κ2) is 15.0. The molecule has 0 saturated heterocycles. The molecule has 3 unspecified atom stereocenters. The monoisotopic (exact) mass is 580 g/mol. The van der Waals surface area contributed by atoms with E-state index in [0.717, 1.165) is 10.5 Å². The first kappa shape index (κ1) is 33.8. The van der Waals surface area contributed by atoms with Crippen LogP contribution in [0.3, 0.4) is 0 Å². The van der Waals surface area contributed by atoms with Gasteiger partial charge in [-0.2, -0.15) is 5.26 Å². The summed E-state index contributed by atoms with van der Waals surface area (Å²) in [5.41, 5.74) is -0.603. The van der Waals surface area contributed by atoms with E-state index in [-0.39, 0.29) is 6.42 Å². The fourth-order valence-corrected chi connectivity index (χ4v) is 3.98. The zero-order chi connectivity index (χ0) is 31.5. The molecular formula is C31H40N4O7. The lowest BCUT2D eigenvalue weighted by Crippen LogP contribution is -2.56. The van der Waals surface area contributed by atoms with Gasteiger partial charge in [-0.25, -0.2) is 9.59 Å². The molecule has 0 spiro atoms. The van der Waals surface area contributed by atoms with E-state index in [1.165, 1.54) is 0 Å². The molecule has 0 saturated carbocycles. The molecule has 2 aromatic rings. The number of rotatable bonds is 11. The third kappa shape index (κ3) is 10.9. The summed E-state index contributed by atoms with van der Waals surface area (Å²) in [4.78, 5) is 54.2. The number of nitrogens with zero attached hydrogens (tertiary/aromatic N) is 2. The van der Waals surface area contributed by atoms with E-state index in [1.807, 2.05) is 12.1 Å². The SMILES string of the molecule is CC(C)(C)OC(=O)NC(CO)C(=O)N(CC#N)C(C(=O)NC(Cc1ccccc1)C(=O)OC(C)(C)C)c1ccccc1. The van der Waals surface area contributed by atoms with Crippen LogP contribution in [0.25, 0.3) is 0 Å². The van der Waals surface area contributed by atoms with Crippen LogP contribution in [0.5, 0.6) is 0 Å². The van der Waals surface area contributed by atoms with Crippen LogP contribution in [-0.2, 0) is 30.3 Å². The van der Waals surface area contributed by atoms with E-state index in [9.17, 15) is 29.5 Å². The van der Waals surface area contributed by atoms with Gasteiger partial charge in [0.25, 0.3) is 0 Å². The molecule has 11 nitrogen and oxygen atoms in total. The molecule has 0 fully saturated rings. The highest BCUT2D eigenvalue weighted by Crippen LogP contribution is 2.23. The lowest BCUT2D eigenvalue weighted by molar-refractivity contribution is -0.159. The van der Waals surface area contributed by atoms with Crippen molar-refractivity contribution >= 4 is 23.9 Å². The normalized spacial score (nSPS) is 13.5. The van der Waals surface area contributed by atoms with E-state index in [1.54, 1.807) is 96.1 Å². The Morgan fingerprint density at radius 3 is 1.90 bits per heavy atom. The molecule has 0 bridgehead atoms. The van der Waals surface area contributed by atoms with Crippen LogP contribution in [0.4, 0.5) is 4.79 Å². The summed E-state index contributed by atoms with van der Waals surface area (Å²) in [7, 11) is 0. The van der Waals surface area contributed by atoms with Crippen LogP contribution in [0.2, 0.25) is 0 Å². The first-order valence-corrected chi connectivity index (χ1v) is 13.5. The van der Waals surface area contributed by atoms with Crippen molar-refractivity contribution in [2.75, 3.05) is 13.2 Å². The molecule has 2 rings (SSSR count). The summed E-state index contributed by atoms with van der Waals surface area (Å²) in [5.74, 6) is -2.33. The molecule has 0 radical (unpaired) electrons. The molecule has 2 aromatic carbocycles. The molecule has 11 heteroatoms. The van der Waals surface area contributed by atoms with Gasteiger partial charge in [0.1, 0.15) is 35.9 Å². The number of esters is 1. The number of alkyl carbamates (subject to hydrolysis) is 1. The molecule has 0 heterocycles. The lowest BCUT2D eigenvalue weighted by atomic mass is 10.0. The van der Waals surface area contributed by atoms with Gasteiger partial charge >= 0.3 is 12.1 Å². The Morgan fingerprint density at radius 2 is 1.40 bits per heavy atom. The van der Waals surface area contributed by atoms with Crippen LogP contribution >= 0.6 is 0 Å². The first-order chi connectivity index (χ1) is 19.6. The number of hydrogen-bond donors (Lipinski definition) is 3. The zero-order valence-electron chi connectivity index (χ0n) is 24.9. The minimum absolute atomic E-state index is 0.106. The average Bonchev–Trinajstić information content (AvgIpc) is 2.90. The van der Waals surface area contributed by atoms with Crippen molar-refractivity contribution in [2.45, 2.75) is 77.3 Å². The average molecular weight is 581 g/mol. The second-order valence-electron chi connectivity index (χ2n) is 11.6. The van der Waals surface area contributed by atoms with Gasteiger partial charge < -0.3 is 30.1 Å². The second-order valence-corrected chi connectivity index (χ2v) is 11.6. The van der Waals surface area contributed by atoms with Gasteiger partial charge in [0.2, 0.25) is 11.8 Å². The van der Waals surface area contributed by atoms with Crippen molar-refractivity contribution in [2.24, 2.45) is 0 Å². The zero-order valence-corrected chi connectivity index (χ0v) is 24.9. The third-order valence-electron chi connectivity index (χ3n) is 5.66. The maximum absolute atomic E-state index is 14.0. The summed E-state index contributed by atoms with van der Waals surface area (Å²) in [5, 5.41) is 24.6. The molecule has 3 N–H and O–H groups in total. The Balaban J connectivity index is 2.48. The molecule has 3 atom stereocenters. The number of ether oxygens (including phenoxy) is 2. The van der Waals surface area contributed by atoms with Gasteiger partial charge in [0.05, 0.1) is 12.7 Å². The molecule has 0 aromatic heterocycles. The van der Waals surface area contributed by atoms with Crippen LogP contribution in [0.1, 0.15) is 58.7 Å². The summed E-state index contributed by atoms with van der Waals surface area (Å²) in [6.07, 6.45) is -0.852. The van der Waals surface area contributed by atoms with Crippen molar-refractivity contribution in [3.05, 3.63) is 71.8 Å². The Hall–Kier alpha value is -4.43. The van der Waals surface area contributed by atoms with Gasteiger partial charge in [-0.05, 0) is 52.7 Å². The Kier molecular flexibility index (Phi) is 12.0. The van der Waals surface area contributed by atoms with Crippen molar-refractivity contribution in [3.8, 4) is 6.07 Å². The fraction of sp³-hybridized carbons (Fsp3) is 0.452. The summed E-state index contributed by atoms with van der Waals surface area (Å²) >= 11 is 0. The van der Waals surface area contributed by atoms with Crippen LogP contribution in [-0.4, -0.2) is 70.3 Å². The lowest BCUT2D eigenvalue weighted by Gasteiger charge is -2.33. The number of carbonyl (C=O) groups excluding carboxylic acids is 4. The molecule has 0 aliphatic heterocycles. The van der Waals surface area contributed by atoms with Gasteiger partial charge in [0.15, 0.2) is 0 Å². The number of amides is 3. The van der Waals surface area contributed by atoms with Crippen LogP contribution in [0.15, 0.2) is 60.7 Å². The quantitative estimate of drug-likeness (QED) is 0.270. The van der Waals surface area contributed by atoms with Crippen LogP contribution in [0, 0.1) is 11.3 Å². The summed E-state index contributed by atoms with van der Waals surface area (Å²) in [6, 6.07) is 15.1. The number of carbonyl (C=O) groups is 4. The molecule has 42 heavy (non-hydrogen) atoms. The van der Waals surface area contributed by atoms with E-state index in [2.05, 4.69) is 10.6 Å². The van der Waals surface area contributed by atoms with Crippen molar-refractivity contribution in [3.63, 3.8) is 0 Å². The summed E-state index contributed by atoms with van der Waals surface area (Å²) in [6.45, 7) is 8.65. The molecule has 3 amide bonds. The largest absolute Gasteiger partial charge is 0.458 e. The predicted molar refractivity (Wildman–Crippen MR) is 155 cm³/mol. The van der Waals surface area contributed by atoms with E-state index < -0.39 is 66.4 Å². The third-order valence-corrected chi connectivity index (χ3v) is 5.66. The van der Waals surface area contributed by atoms with Crippen molar-refractivity contribution < 1.29 is 33.8 Å². The number of nitriles is 1. The Morgan fingerprint density at radius 1 is 0.857 bits per heavy atom. The molecule has 226 valence electrons. The first-order valence-electron chi connectivity index (χ1n) is 13.5. The summed E-state index contributed by atoms with van der Waals surface area (Å²) < 4.78 is 10.8. The number of nitrogens with one attached hydrogen (secondary N) is 2. The maximum Gasteiger partial charge on any atom is 0.408 e. The standard InChI is InChI=1S/C31H40N4O7/c1-30(2,3)41-28(39)23(19-21-13-9-7-10-14-21)33-26(37)25(22-15-11-8-12-16-22)35(18-17-32)27(38)24(20-36)34-29(40)42-31(4,5)6/h7-16,23-25,36H,18-20H2,1-6H3,(H,33,37)(H,34,40). The molecular weight excluding hydrogens is 540 g/mol. The van der Waals surface area contributed by atoms with E-state index >= 15 is 0 Å². The highest BCUT2D eigenvalue weighted by atomic mass is 16.6. The number of benzene rings is 2.